The number of rotatable bonds is 12. The monoisotopic (exact) mass is 569 g/mol. The maximum Gasteiger partial charge on any atom is 0.162 e. The van der Waals surface area contributed by atoms with E-state index in [9.17, 15) is 5.11 Å². The summed E-state index contributed by atoms with van der Waals surface area (Å²) in [4.78, 5) is 0. The molecule has 1 atom stereocenters. The second-order valence-electron chi connectivity index (χ2n) is 10.6. The fraction of sp³-hybridized carbons (Fsp3) is 0.158. The van der Waals surface area contributed by atoms with E-state index in [-0.39, 0.29) is 13.2 Å². The number of hydrogen-bond acceptors (Lipinski definition) is 4. The average molecular weight is 570 g/mol. The van der Waals surface area contributed by atoms with E-state index in [0.29, 0.717) is 30.5 Å². The van der Waals surface area contributed by atoms with E-state index >= 15 is 0 Å². The Bertz CT molecular complexity index is 1760. The van der Waals surface area contributed by atoms with Crippen molar-refractivity contribution in [3.8, 4) is 17.2 Å². The van der Waals surface area contributed by atoms with Crippen molar-refractivity contribution in [2.45, 2.75) is 25.7 Å². The number of para-hydroxylation sites is 1. The highest BCUT2D eigenvalue weighted by atomic mass is 16.5. The molecule has 0 radical (unpaired) electrons. The summed E-state index contributed by atoms with van der Waals surface area (Å²) in [5, 5.41) is 10.4. The molecule has 0 saturated heterocycles. The van der Waals surface area contributed by atoms with Gasteiger partial charge in [-0.15, -0.1) is 0 Å². The average Bonchev–Trinajstić information content (AvgIpc) is 3.51. The Kier molecular flexibility index (Phi) is 8.43. The second-order valence-corrected chi connectivity index (χ2v) is 10.6. The van der Waals surface area contributed by atoms with Crippen molar-refractivity contribution in [2.75, 3.05) is 13.2 Å². The van der Waals surface area contributed by atoms with Crippen LogP contribution in [0.25, 0.3) is 10.9 Å². The van der Waals surface area contributed by atoms with Crippen molar-refractivity contribution in [1.82, 2.24) is 4.57 Å². The summed E-state index contributed by atoms with van der Waals surface area (Å²) in [6.07, 6.45) is 2.14. The van der Waals surface area contributed by atoms with Crippen LogP contribution in [0.15, 0.2) is 140 Å². The topological polar surface area (TPSA) is 52.9 Å². The zero-order chi connectivity index (χ0) is 29.5. The van der Waals surface area contributed by atoms with Gasteiger partial charge in [0.15, 0.2) is 11.5 Å². The summed E-state index contributed by atoms with van der Waals surface area (Å²) in [5.41, 5.74) is 4.83. The molecule has 43 heavy (non-hydrogen) atoms. The van der Waals surface area contributed by atoms with E-state index in [2.05, 4.69) is 96.6 Å². The van der Waals surface area contributed by atoms with Gasteiger partial charge in [0.25, 0.3) is 0 Å². The molecule has 0 bridgehead atoms. The highest BCUT2D eigenvalue weighted by Gasteiger charge is 2.33. The molecule has 6 rings (SSSR count). The van der Waals surface area contributed by atoms with Crippen molar-refractivity contribution < 1.29 is 19.3 Å². The van der Waals surface area contributed by atoms with Crippen LogP contribution in [0.4, 0.5) is 0 Å². The molecule has 1 unspecified atom stereocenters. The minimum absolute atomic E-state index is 0.0285. The molecule has 0 spiro atoms. The predicted octanol–water partition coefficient (Wildman–Crippen LogP) is 7.98. The lowest BCUT2D eigenvalue weighted by molar-refractivity contribution is 0.201. The molecule has 5 heteroatoms. The van der Waals surface area contributed by atoms with Crippen LogP contribution in [0.3, 0.4) is 0 Å². The summed E-state index contributed by atoms with van der Waals surface area (Å²) in [5.74, 6) is 2.09. The van der Waals surface area contributed by atoms with Gasteiger partial charge in [-0.2, -0.15) is 0 Å². The van der Waals surface area contributed by atoms with E-state index in [1.54, 1.807) is 0 Å². The maximum atomic E-state index is 9.20. The molecule has 0 amide bonds. The standard InChI is InChI=1S/C38H35NO4/c1-38(32-16-19-34(20-17-32)41-25-24-40,39-23-22-31-14-8-9-15-35(31)39)33-18-21-36(42-27-29-10-4-2-5-11-29)37(26-33)43-28-30-12-6-3-7-13-30/h2-23,26,40H,24-25,27-28H2,1H3. The molecule has 0 aliphatic heterocycles. The molecule has 1 aromatic heterocycles. The first-order valence-corrected chi connectivity index (χ1v) is 14.5. The number of aliphatic hydroxyl groups is 1. The lowest BCUT2D eigenvalue weighted by Crippen LogP contribution is -2.32. The molecule has 1 N–H and O–H groups in total. The van der Waals surface area contributed by atoms with Gasteiger partial charge in [0, 0.05) is 11.7 Å². The first kappa shape index (κ1) is 28.1. The number of aliphatic hydroxyl groups excluding tert-OH is 1. The number of hydrogen-bond donors (Lipinski definition) is 1. The number of nitrogens with zero attached hydrogens (tertiary/aromatic N) is 1. The van der Waals surface area contributed by atoms with E-state index in [0.717, 1.165) is 27.8 Å². The number of fused-ring (bicyclic) bond motifs is 1. The smallest absolute Gasteiger partial charge is 0.162 e. The van der Waals surface area contributed by atoms with Crippen LogP contribution in [0.2, 0.25) is 0 Å². The van der Waals surface area contributed by atoms with E-state index in [1.165, 1.54) is 5.39 Å². The highest BCUT2D eigenvalue weighted by molar-refractivity contribution is 5.81. The van der Waals surface area contributed by atoms with Gasteiger partial charge >= 0.3 is 0 Å². The second kappa shape index (κ2) is 12.9. The van der Waals surface area contributed by atoms with Crippen molar-refractivity contribution in [2.24, 2.45) is 0 Å². The Hall–Kier alpha value is -5.00. The van der Waals surface area contributed by atoms with Crippen LogP contribution < -0.4 is 14.2 Å². The van der Waals surface area contributed by atoms with Crippen LogP contribution in [-0.2, 0) is 18.8 Å². The third kappa shape index (κ3) is 6.13. The molecule has 0 saturated carbocycles. The Labute approximate surface area is 252 Å². The Morgan fingerprint density at radius 2 is 1.21 bits per heavy atom. The van der Waals surface area contributed by atoms with Crippen LogP contribution >= 0.6 is 0 Å². The Morgan fingerprint density at radius 3 is 1.88 bits per heavy atom. The predicted molar refractivity (Wildman–Crippen MR) is 171 cm³/mol. The minimum Gasteiger partial charge on any atom is -0.491 e. The molecule has 216 valence electrons. The third-order valence-electron chi connectivity index (χ3n) is 7.84. The van der Waals surface area contributed by atoms with Gasteiger partial charge < -0.3 is 23.9 Å². The SMILES string of the molecule is CC(c1ccc(OCCO)cc1)(c1ccc(OCc2ccccc2)c(OCc2ccccc2)c1)n1ccc2ccccc21. The normalized spacial score (nSPS) is 12.5. The number of benzene rings is 5. The zero-order valence-corrected chi connectivity index (χ0v) is 24.2. The van der Waals surface area contributed by atoms with Crippen molar-refractivity contribution in [1.29, 1.82) is 0 Å². The molecule has 5 nitrogen and oxygen atoms in total. The largest absolute Gasteiger partial charge is 0.491 e. The van der Waals surface area contributed by atoms with Crippen LogP contribution in [-0.4, -0.2) is 22.9 Å². The van der Waals surface area contributed by atoms with E-state index < -0.39 is 5.54 Å². The fourth-order valence-corrected chi connectivity index (χ4v) is 5.47. The number of ether oxygens (including phenoxy) is 3. The van der Waals surface area contributed by atoms with E-state index in [1.807, 2.05) is 54.6 Å². The summed E-state index contributed by atoms with van der Waals surface area (Å²) in [7, 11) is 0. The lowest BCUT2D eigenvalue weighted by atomic mass is 9.83. The molecule has 0 aliphatic carbocycles. The van der Waals surface area contributed by atoms with E-state index in [4.69, 9.17) is 14.2 Å². The van der Waals surface area contributed by atoms with Crippen molar-refractivity contribution in [3.63, 3.8) is 0 Å². The Balaban J connectivity index is 1.43. The molecule has 1 heterocycles. The van der Waals surface area contributed by atoms with Crippen LogP contribution in [0.5, 0.6) is 17.2 Å². The van der Waals surface area contributed by atoms with Gasteiger partial charge in [0.1, 0.15) is 25.6 Å². The van der Waals surface area contributed by atoms with Crippen LogP contribution in [0.1, 0.15) is 29.2 Å². The van der Waals surface area contributed by atoms with Crippen LogP contribution in [0, 0.1) is 0 Å². The molecule has 0 fully saturated rings. The molecular weight excluding hydrogens is 534 g/mol. The molecular formula is C38H35NO4. The first-order chi connectivity index (χ1) is 21.1. The summed E-state index contributed by atoms with van der Waals surface area (Å²) in [6.45, 7) is 3.32. The summed E-state index contributed by atoms with van der Waals surface area (Å²) in [6, 6.07) is 45.2. The minimum atomic E-state index is -0.596. The fourth-order valence-electron chi connectivity index (χ4n) is 5.47. The van der Waals surface area contributed by atoms with Crippen molar-refractivity contribution >= 4 is 10.9 Å². The van der Waals surface area contributed by atoms with Crippen molar-refractivity contribution in [3.05, 3.63) is 162 Å². The summed E-state index contributed by atoms with van der Waals surface area (Å²) >= 11 is 0. The van der Waals surface area contributed by atoms with Gasteiger partial charge in [0.2, 0.25) is 0 Å². The number of aromatic nitrogens is 1. The first-order valence-electron chi connectivity index (χ1n) is 14.5. The Morgan fingerprint density at radius 1 is 0.605 bits per heavy atom. The maximum absolute atomic E-state index is 9.20. The van der Waals surface area contributed by atoms with Gasteiger partial charge in [-0.3, -0.25) is 0 Å². The summed E-state index contributed by atoms with van der Waals surface area (Å²) < 4.78 is 20.8. The lowest BCUT2D eigenvalue weighted by Gasteiger charge is -2.34. The highest BCUT2D eigenvalue weighted by Crippen LogP contribution is 2.41. The quantitative estimate of drug-likeness (QED) is 0.162. The zero-order valence-electron chi connectivity index (χ0n) is 24.2. The van der Waals surface area contributed by atoms with Gasteiger partial charge in [-0.05, 0) is 71.0 Å². The van der Waals surface area contributed by atoms with Gasteiger partial charge in [0.05, 0.1) is 12.1 Å². The molecule has 6 aromatic rings. The van der Waals surface area contributed by atoms with Gasteiger partial charge in [-0.1, -0.05) is 97.1 Å². The molecule has 0 aliphatic rings. The van der Waals surface area contributed by atoms with Gasteiger partial charge in [-0.25, -0.2) is 0 Å². The third-order valence-corrected chi connectivity index (χ3v) is 7.84. The molecule has 5 aromatic carbocycles.